The summed E-state index contributed by atoms with van der Waals surface area (Å²) in [6.45, 7) is 4.37. The zero-order chi connectivity index (χ0) is 17.7. The van der Waals surface area contributed by atoms with Crippen molar-refractivity contribution in [2.24, 2.45) is 5.41 Å². The second kappa shape index (κ2) is 5.27. The maximum absolute atomic E-state index is 13.9. The van der Waals surface area contributed by atoms with Gasteiger partial charge >= 0.3 is 11.9 Å². The highest BCUT2D eigenvalue weighted by molar-refractivity contribution is 7.89. The normalized spacial score (nSPS) is 20.8. The van der Waals surface area contributed by atoms with Gasteiger partial charge in [-0.25, -0.2) is 17.6 Å². The van der Waals surface area contributed by atoms with E-state index in [0.717, 1.165) is 16.4 Å². The summed E-state index contributed by atoms with van der Waals surface area (Å²) in [5, 5.41) is 18.2. The molecule has 1 saturated heterocycles. The fourth-order valence-corrected chi connectivity index (χ4v) is 4.88. The first-order valence-electron chi connectivity index (χ1n) is 6.67. The van der Waals surface area contributed by atoms with Crippen LogP contribution in [0.25, 0.3) is 0 Å². The Bertz CT molecular complexity index is 802. The molecule has 1 aliphatic heterocycles. The van der Waals surface area contributed by atoms with Crippen molar-refractivity contribution in [2.45, 2.75) is 31.7 Å². The molecule has 0 saturated carbocycles. The molecule has 1 aliphatic rings. The SMILES string of the molecule is Cc1c(F)cc(C(=O)O)cc1S(=O)(=O)N1CC(C)(C)C1C(=O)O. The molecular weight excluding hydrogens is 329 g/mol. The van der Waals surface area contributed by atoms with Crippen LogP contribution in [0.3, 0.4) is 0 Å². The van der Waals surface area contributed by atoms with Crippen LogP contribution in [0.4, 0.5) is 4.39 Å². The number of carbonyl (C=O) groups is 2. The number of hydrogen-bond acceptors (Lipinski definition) is 4. The van der Waals surface area contributed by atoms with Crippen molar-refractivity contribution < 1.29 is 32.6 Å². The van der Waals surface area contributed by atoms with E-state index < -0.39 is 49.7 Å². The Morgan fingerprint density at radius 3 is 2.30 bits per heavy atom. The maximum Gasteiger partial charge on any atom is 0.335 e. The molecule has 7 nitrogen and oxygen atoms in total. The second-order valence-corrected chi connectivity index (χ2v) is 8.02. The Kier molecular flexibility index (Phi) is 3.98. The first-order valence-corrected chi connectivity index (χ1v) is 8.11. The van der Waals surface area contributed by atoms with Crippen molar-refractivity contribution in [3.05, 3.63) is 29.1 Å². The van der Waals surface area contributed by atoms with E-state index in [1.54, 1.807) is 13.8 Å². The van der Waals surface area contributed by atoms with Gasteiger partial charge in [-0.15, -0.1) is 0 Å². The number of carboxylic acid groups (broad SMARTS) is 2. The first kappa shape index (κ1) is 17.4. The van der Waals surface area contributed by atoms with Gasteiger partial charge in [-0.1, -0.05) is 13.8 Å². The third-order valence-corrected chi connectivity index (χ3v) is 5.89. The lowest BCUT2D eigenvalue weighted by atomic mass is 9.77. The molecule has 1 aromatic rings. The van der Waals surface area contributed by atoms with Gasteiger partial charge in [-0.3, -0.25) is 4.79 Å². The van der Waals surface area contributed by atoms with Crippen LogP contribution in [0.2, 0.25) is 0 Å². The van der Waals surface area contributed by atoms with Gasteiger partial charge in [-0.05, 0) is 19.1 Å². The van der Waals surface area contributed by atoms with Crippen LogP contribution in [-0.2, 0) is 14.8 Å². The van der Waals surface area contributed by atoms with E-state index >= 15 is 0 Å². The van der Waals surface area contributed by atoms with Crippen molar-refractivity contribution in [1.82, 2.24) is 4.31 Å². The molecule has 1 aromatic carbocycles. The summed E-state index contributed by atoms with van der Waals surface area (Å²) in [6.07, 6.45) is 0. The molecule has 126 valence electrons. The molecule has 0 bridgehead atoms. The number of halogens is 1. The van der Waals surface area contributed by atoms with Crippen LogP contribution in [-0.4, -0.2) is 47.5 Å². The largest absolute Gasteiger partial charge is 0.480 e. The van der Waals surface area contributed by atoms with Crippen molar-refractivity contribution in [3.8, 4) is 0 Å². The zero-order valence-corrected chi connectivity index (χ0v) is 13.5. The number of rotatable bonds is 4. The highest BCUT2D eigenvalue weighted by Gasteiger charge is 2.56. The van der Waals surface area contributed by atoms with Crippen molar-refractivity contribution in [1.29, 1.82) is 0 Å². The third-order valence-electron chi connectivity index (χ3n) is 3.96. The zero-order valence-electron chi connectivity index (χ0n) is 12.7. The molecule has 0 aromatic heterocycles. The summed E-state index contributed by atoms with van der Waals surface area (Å²) < 4.78 is 39.9. The van der Waals surface area contributed by atoms with E-state index in [1.165, 1.54) is 6.92 Å². The van der Waals surface area contributed by atoms with E-state index in [2.05, 4.69) is 0 Å². The van der Waals surface area contributed by atoms with Crippen LogP contribution >= 0.6 is 0 Å². The second-order valence-electron chi connectivity index (χ2n) is 6.17. The highest BCUT2D eigenvalue weighted by atomic mass is 32.2. The predicted molar refractivity (Wildman–Crippen MR) is 77.2 cm³/mol. The maximum atomic E-state index is 13.9. The standard InChI is InChI=1S/C14H16FNO6S/c1-7-9(15)4-8(12(17)18)5-10(7)23(21,22)16-6-14(2,3)11(16)13(19)20/h4-5,11H,6H2,1-3H3,(H,17,18)(H,19,20). The molecule has 0 spiro atoms. The fourth-order valence-electron chi connectivity index (χ4n) is 2.71. The molecule has 1 unspecified atom stereocenters. The lowest BCUT2D eigenvalue weighted by Gasteiger charge is -2.50. The average molecular weight is 345 g/mol. The molecule has 2 rings (SSSR count). The summed E-state index contributed by atoms with van der Waals surface area (Å²) in [6, 6.07) is 0.287. The van der Waals surface area contributed by atoms with Crippen LogP contribution in [0.1, 0.15) is 29.8 Å². The fraction of sp³-hybridized carbons (Fsp3) is 0.429. The minimum Gasteiger partial charge on any atom is -0.480 e. The van der Waals surface area contributed by atoms with Crippen molar-refractivity contribution in [2.75, 3.05) is 6.54 Å². The van der Waals surface area contributed by atoms with Crippen molar-refractivity contribution in [3.63, 3.8) is 0 Å². The number of nitrogens with zero attached hydrogens (tertiary/aromatic N) is 1. The third kappa shape index (κ3) is 2.70. The van der Waals surface area contributed by atoms with Gasteiger partial charge in [0.15, 0.2) is 0 Å². The first-order chi connectivity index (χ1) is 10.4. The van der Waals surface area contributed by atoms with E-state index in [0.29, 0.717) is 0 Å². The summed E-state index contributed by atoms with van der Waals surface area (Å²) in [4.78, 5) is 21.8. The van der Waals surface area contributed by atoms with E-state index in [9.17, 15) is 27.5 Å². The Morgan fingerprint density at radius 1 is 1.30 bits per heavy atom. The summed E-state index contributed by atoms with van der Waals surface area (Å²) in [7, 11) is -4.33. The lowest BCUT2D eigenvalue weighted by molar-refractivity contribution is -0.153. The summed E-state index contributed by atoms with van der Waals surface area (Å²) in [5.74, 6) is -3.76. The molecule has 1 atom stereocenters. The van der Waals surface area contributed by atoms with Gasteiger partial charge in [0.25, 0.3) is 0 Å². The molecular formula is C14H16FNO6S. The van der Waals surface area contributed by atoms with E-state index in [4.69, 9.17) is 5.11 Å². The van der Waals surface area contributed by atoms with Gasteiger partial charge in [0, 0.05) is 17.5 Å². The monoisotopic (exact) mass is 345 g/mol. The molecule has 0 aliphatic carbocycles. The summed E-state index contributed by atoms with van der Waals surface area (Å²) >= 11 is 0. The summed E-state index contributed by atoms with van der Waals surface area (Å²) in [5.41, 5.74) is -1.53. The van der Waals surface area contributed by atoms with Crippen LogP contribution < -0.4 is 0 Å². The number of aliphatic carboxylic acids is 1. The van der Waals surface area contributed by atoms with Gasteiger partial charge in [0.1, 0.15) is 11.9 Å². The minimum absolute atomic E-state index is 0.0509. The lowest BCUT2D eigenvalue weighted by Crippen LogP contribution is -2.66. The molecule has 2 N–H and O–H groups in total. The minimum atomic E-state index is -4.33. The Balaban J connectivity index is 2.58. The van der Waals surface area contributed by atoms with Gasteiger partial charge in [0.2, 0.25) is 10.0 Å². The molecule has 9 heteroatoms. The molecule has 0 radical (unpaired) electrons. The highest BCUT2D eigenvalue weighted by Crippen LogP contribution is 2.41. The molecule has 0 amide bonds. The van der Waals surface area contributed by atoms with Crippen LogP contribution in [0.5, 0.6) is 0 Å². The number of sulfonamides is 1. The Morgan fingerprint density at radius 2 is 1.87 bits per heavy atom. The Labute approximate surface area is 132 Å². The Hall–Kier alpha value is -2.00. The topological polar surface area (TPSA) is 112 Å². The van der Waals surface area contributed by atoms with Crippen molar-refractivity contribution >= 4 is 22.0 Å². The van der Waals surface area contributed by atoms with Gasteiger partial charge in [0.05, 0.1) is 10.5 Å². The van der Waals surface area contributed by atoms with E-state index in [-0.39, 0.29) is 12.1 Å². The van der Waals surface area contributed by atoms with Gasteiger partial charge in [-0.2, -0.15) is 4.31 Å². The quantitative estimate of drug-likeness (QED) is 0.851. The number of carboxylic acids is 2. The molecule has 1 heterocycles. The van der Waals surface area contributed by atoms with E-state index in [1.807, 2.05) is 0 Å². The van der Waals surface area contributed by atoms with Crippen LogP contribution in [0, 0.1) is 18.2 Å². The number of hydrogen-bond donors (Lipinski definition) is 2. The smallest absolute Gasteiger partial charge is 0.335 e. The average Bonchev–Trinajstić information content (AvgIpc) is 2.37. The van der Waals surface area contributed by atoms with Crippen LogP contribution in [0.15, 0.2) is 17.0 Å². The number of aromatic carboxylic acids is 1. The predicted octanol–water partition coefficient (Wildman–Crippen LogP) is 1.32. The molecule has 23 heavy (non-hydrogen) atoms. The number of benzene rings is 1. The van der Waals surface area contributed by atoms with Gasteiger partial charge < -0.3 is 10.2 Å². The molecule has 1 fully saturated rings.